The number of likely N-dealkylation sites (tertiary alicyclic amines) is 1. The highest BCUT2D eigenvalue weighted by atomic mass is 16.5. The Morgan fingerprint density at radius 2 is 2.00 bits per heavy atom. The van der Waals surface area contributed by atoms with Crippen molar-refractivity contribution in [1.29, 1.82) is 0 Å². The van der Waals surface area contributed by atoms with Crippen LogP contribution in [-0.2, 0) is 4.74 Å². The monoisotopic (exact) mass is 375 g/mol. The van der Waals surface area contributed by atoms with Gasteiger partial charge in [0.15, 0.2) is 0 Å². The van der Waals surface area contributed by atoms with Crippen molar-refractivity contribution < 1.29 is 14.3 Å². The first-order valence-corrected chi connectivity index (χ1v) is 10.2. The van der Waals surface area contributed by atoms with Crippen molar-refractivity contribution in [3.05, 3.63) is 29.8 Å². The third kappa shape index (κ3) is 5.36. The number of hydrogen-bond donors (Lipinski definition) is 1. The Balaban J connectivity index is 1.64. The Morgan fingerprint density at radius 1 is 1.26 bits per heavy atom. The minimum Gasteiger partial charge on any atom is -0.497 e. The highest BCUT2D eigenvalue weighted by molar-refractivity contribution is 5.74. The second kappa shape index (κ2) is 9.95. The van der Waals surface area contributed by atoms with Crippen LogP contribution >= 0.6 is 0 Å². The molecular formula is C21H33N3O3. The largest absolute Gasteiger partial charge is 0.497 e. The molecule has 2 heterocycles. The molecule has 2 aliphatic heterocycles. The summed E-state index contributed by atoms with van der Waals surface area (Å²) in [6.45, 7) is 7.82. The summed E-state index contributed by atoms with van der Waals surface area (Å²) in [4.78, 5) is 17.1. The summed E-state index contributed by atoms with van der Waals surface area (Å²) >= 11 is 0. The van der Waals surface area contributed by atoms with Crippen molar-refractivity contribution in [2.75, 3.05) is 53.0 Å². The summed E-state index contributed by atoms with van der Waals surface area (Å²) in [5, 5.41) is 3.19. The number of urea groups is 1. The first kappa shape index (κ1) is 20.0. The molecule has 0 radical (unpaired) electrons. The van der Waals surface area contributed by atoms with E-state index in [2.05, 4.69) is 29.3 Å². The van der Waals surface area contributed by atoms with E-state index >= 15 is 0 Å². The zero-order valence-corrected chi connectivity index (χ0v) is 16.7. The molecule has 0 spiro atoms. The van der Waals surface area contributed by atoms with Crippen LogP contribution in [0.15, 0.2) is 24.3 Å². The van der Waals surface area contributed by atoms with Gasteiger partial charge in [0.05, 0.1) is 26.4 Å². The number of benzene rings is 1. The fraction of sp³-hybridized carbons (Fsp3) is 0.667. The molecule has 2 unspecified atom stereocenters. The van der Waals surface area contributed by atoms with Crippen LogP contribution < -0.4 is 10.1 Å². The Kier molecular flexibility index (Phi) is 7.35. The van der Waals surface area contributed by atoms with Gasteiger partial charge in [-0.1, -0.05) is 25.5 Å². The van der Waals surface area contributed by atoms with Gasteiger partial charge in [-0.15, -0.1) is 0 Å². The van der Waals surface area contributed by atoms with E-state index in [1.165, 1.54) is 12.0 Å². The summed E-state index contributed by atoms with van der Waals surface area (Å²) in [6.07, 6.45) is 3.49. The van der Waals surface area contributed by atoms with Crippen molar-refractivity contribution >= 4 is 6.03 Å². The average molecular weight is 376 g/mol. The first-order chi connectivity index (χ1) is 13.2. The quantitative estimate of drug-likeness (QED) is 0.831. The molecule has 3 rings (SSSR count). The molecule has 150 valence electrons. The van der Waals surface area contributed by atoms with Crippen LogP contribution in [0.1, 0.15) is 37.8 Å². The van der Waals surface area contributed by atoms with E-state index in [1.54, 1.807) is 7.11 Å². The number of ether oxygens (including phenoxy) is 2. The van der Waals surface area contributed by atoms with Crippen LogP contribution in [-0.4, -0.2) is 68.9 Å². The molecule has 0 saturated carbocycles. The number of nitrogens with one attached hydrogen (secondary N) is 1. The Hall–Kier alpha value is -1.79. The van der Waals surface area contributed by atoms with Crippen LogP contribution in [0.25, 0.3) is 0 Å². The molecule has 1 aromatic carbocycles. The summed E-state index contributed by atoms with van der Waals surface area (Å²) in [7, 11) is 1.68. The van der Waals surface area contributed by atoms with Crippen LogP contribution in [0, 0.1) is 5.92 Å². The van der Waals surface area contributed by atoms with Gasteiger partial charge in [-0.3, -0.25) is 4.90 Å². The predicted molar refractivity (Wildman–Crippen MR) is 106 cm³/mol. The summed E-state index contributed by atoms with van der Waals surface area (Å²) in [6, 6.07) is 8.39. The molecule has 27 heavy (non-hydrogen) atoms. The minimum absolute atomic E-state index is 0.0694. The van der Waals surface area contributed by atoms with Gasteiger partial charge in [0.25, 0.3) is 0 Å². The number of rotatable bonds is 6. The lowest BCUT2D eigenvalue weighted by Gasteiger charge is -2.36. The number of carbonyl (C=O) groups is 1. The van der Waals surface area contributed by atoms with Gasteiger partial charge >= 0.3 is 6.03 Å². The topological polar surface area (TPSA) is 54.0 Å². The third-order valence-corrected chi connectivity index (χ3v) is 5.82. The van der Waals surface area contributed by atoms with Gasteiger partial charge in [0.1, 0.15) is 5.75 Å². The summed E-state index contributed by atoms with van der Waals surface area (Å²) in [5.41, 5.74) is 1.20. The lowest BCUT2D eigenvalue weighted by Crippen LogP contribution is -2.49. The number of piperidine rings is 1. The Morgan fingerprint density at radius 3 is 2.67 bits per heavy atom. The summed E-state index contributed by atoms with van der Waals surface area (Å²) in [5.74, 6) is 1.49. The fourth-order valence-electron chi connectivity index (χ4n) is 4.05. The van der Waals surface area contributed by atoms with E-state index in [0.29, 0.717) is 12.5 Å². The van der Waals surface area contributed by atoms with Crippen molar-refractivity contribution in [3.63, 3.8) is 0 Å². The van der Waals surface area contributed by atoms with Crippen LogP contribution in [0.3, 0.4) is 0 Å². The molecule has 1 N–H and O–H groups in total. The van der Waals surface area contributed by atoms with Crippen LogP contribution in [0.4, 0.5) is 4.79 Å². The molecule has 0 aliphatic carbocycles. The van der Waals surface area contributed by atoms with Gasteiger partial charge in [-0.05, 0) is 36.5 Å². The number of hydrogen-bond acceptors (Lipinski definition) is 4. The lowest BCUT2D eigenvalue weighted by atomic mass is 9.96. The van der Waals surface area contributed by atoms with E-state index in [0.717, 1.165) is 58.0 Å². The molecule has 1 aromatic rings. The molecular weight excluding hydrogens is 342 g/mol. The minimum atomic E-state index is 0.0694. The molecule has 2 atom stereocenters. The lowest BCUT2D eigenvalue weighted by molar-refractivity contribution is 0.0163. The maximum absolute atomic E-state index is 12.7. The maximum atomic E-state index is 12.7. The maximum Gasteiger partial charge on any atom is 0.317 e. The second-order valence-corrected chi connectivity index (χ2v) is 7.49. The molecule has 6 nitrogen and oxygen atoms in total. The molecule has 2 saturated heterocycles. The van der Waals surface area contributed by atoms with E-state index in [4.69, 9.17) is 9.47 Å². The smallest absolute Gasteiger partial charge is 0.317 e. The van der Waals surface area contributed by atoms with Gasteiger partial charge in [0, 0.05) is 32.7 Å². The highest BCUT2D eigenvalue weighted by Crippen LogP contribution is 2.24. The van der Waals surface area contributed by atoms with Crippen molar-refractivity contribution in [2.45, 2.75) is 32.2 Å². The standard InChI is InChI=1S/C21H33N3O3/c1-3-17-5-4-10-24(16-17)21(25)22-15-20(23-11-13-27-14-12-23)18-6-8-19(26-2)9-7-18/h6-9,17,20H,3-5,10-16H2,1-2H3,(H,22,25). The second-order valence-electron chi connectivity index (χ2n) is 7.49. The van der Waals surface area contributed by atoms with E-state index in [1.807, 2.05) is 17.0 Å². The number of morpholine rings is 1. The Bertz CT molecular complexity index is 587. The van der Waals surface area contributed by atoms with Gasteiger partial charge in [-0.2, -0.15) is 0 Å². The zero-order chi connectivity index (χ0) is 19.1. The fourth-order valence-corrected chi connectivity index (χ4v) is 4.05. The molecule has 0 bridgehead atoms. The van der Waals surface area contributed by atoms with E-state index in [-0.39, 0.29) is 12.1 Å². The molecule has 2 aliphatic rings. The zero-order valence-electron chi connectivity index (χ0n) is 16.7. The molecule has 0 aromatic heterocycles. The average Bonchev–Trinajstić information content (AvgIpc) is 2.75. The summed E-state index contributed by atoms with van der Waals surface area (Å²) < 4.78 is 10.8. The molecule has 2 amide bonds. The van der Waals surface area contributed by atoms with E-state index < -0.39 is 0 Å². The molecule has 2 fully saturated rings. The van der Waals surface area contributed by atoms with E-state index in [9.17, 15) is 4.79 Å². The van der Waals surface area contributed by atoms with Gasteiger partial charge < -0.3 is 19.7 Å². The molecule has 6 heteroatoms. The number of methoxy groups -OCH3 is 1. The van der Waals surface area contributed by atoms with Gasteiger partial charge in [-0.25, -0.2) is 4.79 Å². The third-order valence-electron chi connectivity index (χ3n) is 5.82. The number of nitrogens with zero attached hydrogens (tertiary/aromatic N) is 2. The Labute approximate surface area is 162 Å². The normalized spacial score (nSPS) is 22.3. The van der Waals surface area contributed by atoms with Crippen molar-refractivity contribution in [3.8, 4) is 5.75 Å². The number of amides is 2. The predicted octanol–water partition coefficient (Wildman–Crippen LogP) is 2.90. The van der Waals surface area contributed by atoms with Crippen LogP contribution in [0.2, 0.25) is 0 Å². The SMILES string of the molecule is CCC1CCCN(C(=O)NCC(c2ccc(OC)cc2)N2CCOCC2)C1. The van der Waals surface area contributed by atoms with Crippen molar-refractivity contribution in [2.24, 2.45) is 5.92 Å². The number of carbonyl (C=O) groups excluding carboxylic acids is 1. The highest BCUT2D eigenvalue weighted by Gasteiger charge is 2.26. The van der Waals surface area contributed by atoms with Crippen LogP contribution in [0.5, 0.6) is 5.75 Å². The van der Waals surface area contributed by atoms with Gasteiger partial charge in [0.2, 0.25) is 0 Å². The first-order valence-electron chi connectivity index (χ1n) is 10.2. The van der Waals surface area contributed by atoms with Crippen molar-refractivity contribution in [1.82, 2.24) is 15.1 Å².